The fourth-order valence-corrected chi connectivity index (χ4v) is 5.30. The molecule has 1 saturated carbocycles. The van der Waals surface area contributed by atoms with Gasteiger partial charge in [-0.25, -0.2) is 4.79 Å². The van der Waals surface area contributed by atoms with E-state index in [1.807, 2.05) is 0 Å². The molecule has 8 nitrogen and oxygen atoms in total. The highest BCUT2D eigenvalue weighted by Crippen LogP contribution is 2.58. The third-order valence-electron chi connectivity index (χ3n) is 6.80. The fourth-order valence-electron chi connectivity index (χ4n) is 5.30. The average Bonchev–Trinajstić information content (AvgIpc) is 3.15. The van der Waals surface area contributed by atoms with E-state index in [-0.39, 0.29) is 12.2 Å². The van der Waals surface area contributed by atoms with Gasteiger partial charge in [0.1, 0.15) is 5.75 Å². The third kappa shape index (κ3) is 2.69. The number of rotatable bonds is 1. The number of hydrogen-bond acceptors (Lipinski definition) is 7. The van der Waals surface area contributed by atoms with E-state index in [0.717, 1.165) is 12.7 Å². The SMILES string of the molecule is COC(=O)N1C(=O)[C@H]2[C@H](C[C@H](C)[C@@]3(O)O[C@H](c4cc(C)c(O)c(C)c4)C[C@@H]23)C1=O. The number of aromatic hydroxyl groups is 1. The molecule has 0 bridgehead atoms. The van der Waals surface area contributed by atoms with Crippen LogP contribution in [0.3, 0.4) is 0 Å². The van der Waals surface area contributed by atoms with Crippen LogP contribution in [0.5, 0.6) is 5.75 Å². The molecule has 4 rings (SSSR count). The first-order valence-electron chi connectivity index (χ1n) is 9.76. The van der Waals surface area contributed by atoms with Crippen molar-refractivity contribution in [3.63, 3.8) is 0 Å². The van der Waals surface area contributed by atoms with Gasteiger partial charge in [0.05, 0.1) is 25.0 Å². The molecule has 0 spiro atoms. The first kappa shape index (κ1) is 19.8. The van der Waals surface area contributed by atoms with Crippen LogP contribution in [0.2, 0.25) is 0 Å². The van der Waals surface area contributed by atoms with E-state index in [1.165, 1.54) is 0 Å². The molecule has 3 amide bonds. The number of amides is 3. The number of fused-ring (bicyclic) bond motifs is 3. The average molecular weight is 403 g/mol. The Morgan fingerprint density at radius 3 is 2.41 bits per heavy atom. The van der Waals surface area contributed by atoms with Crippen molar-refractivity contribution in [2.75, 3.05) is 7.11 Å². The molecule has 1 aromatic rings. The van der Waals surface area contributed by atoms with Gasteiger partial charge < -0.3 is 19.7 Å². The molecular weight excluding hydrogens is 378 g/mol. The molecule has 8 heteroatoms. The Morgan fingerprint density at radius 2 is 1.83 bits per heavy atom. The van der Waals surface area contributed by atoms with Crippen LogP contribution in [0.4, 0.5) is 4.79 Å². The van der Waals surface area contributed by atoms with E-state index in [0.29, 0.717) is 22.4 Å². The van der Waals surface area contributed by atoms with Crippen molar-refractivity contribution >= 4 is 17.9 Å². The molecule has 0 aromatic heterocycles. The predicted molar refractivity (Wildman–Crippen MR) is 99.5 cm³/mol. The smallest absolute Gasteiger partial charge is 0.423 e. The van der Waals surface area contributed by atoms with E-state index in [2.05, 4.69) is 4.74 Å². The monoisotopic (exact) mass is 403 g/mol. The fraction of sp³-hybridized carbons (Fsp3) is 0.571. The number of ether oxygens (including phenoxy) is 2. The minimum Gasteiger partial charge on any atom is -0.507 e. The molecule has 29 heavy (non-hydrogen) atoms. The van der Waals surface area contributed by atoms with Crippen molar-refractivity contribution in [1.29, 1.82) is 0 Å². The molecule has 1 aromatic carbocycles. The van der Waals surface area contributed by atoms with Crippen LogP contribution < -0.4 is 0 Å². The molecule has 0 unspecified atom stereocenters. The number of imide groups is 3. The van der Waals surface area contributed by atoms with E-state index >= 15 is 0 Å². The number of carbonyl (C=O) groups is 3. The van der Waals surface area contributed by atoms with Crippen molar-refractivity contribution in [2.45, 2.75) is 45.5 Å². The zero-order chi connectivity index (χ0) is 21.2. The number of phenolic OH excluding ortho intramolecular Hbond substituents is 1. The molecule has 2 aliphatic heterocycles. The Labute approximate surface area is 168 Å². The molecule has 156 valence electrons. The van der Waals surface area contributed by atoms with Crippen LogP contribution in [-0.4, -0.2) is 45.9 Å². The Balaban J connectivity index is 1.71. The minimum atomic E-state index is -1.58. The normalized spacial score (nSPS) is 36.2. The van der Waals surface area contributed by atoms with E-state index < -0.39 is 53.5 Å². The number of aryl methyl sites for hydroxylation is 2. The van der Waals surface area contributed by atoms with Gasteiger partial charge in [0.25, 0.3) is 0 Å². The number of hydrogen-bond donors (Lipinski definition) is 2. The van der Waals surface area contributed by atoms with Crippen molar-refractivity contribution in [1.82, 2.24) is 4.90 Å². The van der Waals surface area contributed by atoms with Gasteiger partial charge in [-0.3, -0.25) is 9.59 Å². The van der Waals surface area contributed by atoms with E-state index in [4.69, 9.17) is 4.74 Å². The third-order valence-corrected chi connectivity index (χ3v) is 6.80. The number of methoxy groups -OCH3 is 1. The summed E-state index contributed by atoms with van der Waals surface area (Å²) in [4.78, 5) is 38.2. The first-order valence-corrected chi connectivity index (χ1v) is 9.76. The van der Waals surface area contributed by atoms with Crippen LogP contribution in [0.1, 0.15) is 42.6 Å². The number of benzene rings is 1. The zero-order valence-corrected chi connectivity index (χ0v) is 16.8. The highest BCUT2D eigenvalue weighted by molar-refractivity contribution is 6.15. The van der Waals surface area contributed by atoms with Gasteiger partial charge in [-0.2, -0.15) is 4.90 Å². The van der Waals surface area contributed by atoms with E-state index in [9.17, 15) is 24.6 Å². The largest absolute Gasteiger partial charge is 0.507 e. The zero-order valence-electron chi connectivity index (χ0n) is 16.8. The number of nitrogens with zero attached hydrogens (tertiary/aromatic N) is 1. The van der Waals surface area contributed by atoms with Gasteiger partial charge in [-0.1, -0.05) is 6.92 Å². The standard InChI is InChI=1S/C21H25NO7/c1-9-5-12(6-10(2)17(9)23)15-8-14-16-13(7-11(3)21(14,27)29-15)18(24)22(19(16)25)20(26)28-4/h5-6,11,13-16,23,27H,7-8H2,1-4H3/t11-,13-,14-,15-,16-,21+/m0/s1. The topological polar surface area (TPSA) is 113 Å². The Hall–Kier alpha value is -2.45. The van der Waals surface area contributed by atoms with Crippen molar-refractivity contribution in [3.05, 3.63) is 28.8 Å². The van der Waals surface area contributed by atoms with Crippen molar-refractivity contribution < 1.29 is 34.1 Å². The van der Waals surface area contributed by atoms with Gasteiger partial charge in [-0.15, -0.1) is 0 Å². The highest BCUT2D eigenvalue weighted by atomic mass is 16.6. The summed E-state index contributed by atoms with van der Waals surface area (Å²) in [6, 6.07) is 3.61. The molecule has 2 N–H and O–H groups in total. The van der Waals surface area contributed by atoms with Crippen molar-refractivity contribution in [2.24, 2.45) is 23.7 Å². The molecule has 2 saturated heterocycles. The van der Waals surface area contributed by atoms with Crippen LogP contribution in [-0.2, 0) is 19.1 Å². The van der Waals surface area contributed by atoms with Crippen LogP contribution in [0, 0.1) is 37.5 Å². The summed E-state index contributed by atoms with van der Waals surface area (Å²) in [5.41, 5.74) is 2.19. The number of aliphatic hydroxyl groups is 1. The predicted octanol–water partition coefficient (Wildman–Crippen LogP) is 2.18. The summed E-state index contributed by atoms with van der Waals surface area (Å²) in [5, 5.41) is 21.4. The van der Waals surface area contributed by atoms with Gasteiger partial charge in [0.2, 0.25) is 11.8 Å². The summed E-state index contributed by atoms with van der Waals surface area (Å²) < 4.78 is 10.7. The lowest BCUT2D eigenvalue weighted by atomic mass is 9.65. The minimum absolute atomic E-state index is 0.210. The van der Waals surface area contributed by atoms with Crippen molar-refractivity contribution in [3.8, 4) is 5.75 Å². The maximum absolute atomic E-state index is 12.9. The van der Waals surface area contributed by atoms with E-state index in [1.54, 1.807) is 32.9 Å². The maximum Gasteiger partial charge on any atom is 0.423 e. The van der Waals surface area contributed by atoms with Gasteiger partial charge in [0.15, 0.2) is 5.79 Å². The van der Waals surface area contributed by atoms with Gasteiger partial charge >= 0.3 is 6.09 Å². The molecule has 3 fully saturated rings. The molecular formula is C21H25NO7. The molecule has 0 radical (unpaired) electrons. The van der Waals surface area contributed by atoms with Crippen LogP contribution in [0.25, 0.3) is 0 Å². The lowest BCUT2D eigenvalue weighted by molar-refractivity contribution is -0.265. The van der Waals surface area contributed by atoms with Crippen LogP contribution in [0.15, 0.2) is 12.1 Å². The summed E-state index contributed by atoms with van der Waals surface area (Å²) in [6.07, 6.45) is -0.902. The second-order valence-electron chi connectivity index (χ2n) is 8.45. The second-order valence-corrected chi connectivity index (χ2v) is 8.45. The Morgan fingerprint density at radius 1 is 1.21 bits per heavy atom. The Bertz CT molecular complexity index is 889. The quantitative estimate of drug-likeness (QED) is 0.691. The van der Waals surface area contributed by atoms with Gasteiger partial charge in [-0.05, 0) is 55.5 Å². The number of carbonyl (C=O) groups excluding carboxylic acids is 3. The van der Waals surface area contributed by atoms with Crippen LogP contribution >= 0.6 is 0 Å². The molecule has 3 aliphatic rings. The second kappa shape index (κ2) is 6.53. The first-order chi connectivity index (χ1) is 13.6. The highest BCUT2D eigenvalue weighted by Gasteiger charge is 2.66. The molecule has 6 atom stereocenters. The molecule has 1 aliphatic carbocycles. The summed E-state index contributed by atoms with van der Waals surface area (Å²) in [6.45, 7) is 5.36. The number of likely N-dealkylation sites (tertiary alicyclic amines) is 1. The molecule has 2 heterocycles. The Kier molecular flexibility index (Phi) is 4.47. The number of phenols is 1. The summed E-state index contributed by atoms with van der Waals surface area (Å²) in [7, 11) is 1.12. The lowest BCUT2D eigenvalue weighted by Crippen LogP contribution is -2.52. The summed E-state index contributed by atoms with van der Waals surface area (Å²) >= 11 is 0. The van der Waals surface area contributed by atoms with Gasteiger partial charge in [0, 0.05) is 11.8 Å². The summed E-state index contributed by atoms with van der Waals surface area (Å²) in [5.74, 6) is -5.09. The lowest BCUT2D eigenvalue weighted by Gasteiger charge is -2.43. The maximum atomic E-state index is 12.9.